The molecule has 2 heterocycles. The highest BCUT2D eigenvalue weighted by atomic mass is 32.2. The molecule has 0 saturated carbocycles. The Kier molecular flexibility index (Phi) is 5.34. The number of carbonyl (C=O) groups excluding carboxylic acids is 1. The number of amides is 1. The molecule has 5 rings (SSSR count). The van der Waals surface area contributed by atoms with Gasteiger partial charge in [-0.2, -0.15) is 0 Å². The normalized spacial score (nSPS) is 19.4. The Balaban J connectivity index is 1.63. The highest BCUT2D eigenvalue weighted by molar-refractivity contribution is 8.20. The fourth-order valence-electron chi connectivity index (χ4n) is 3.63. The van der Waals surface area contributed by atoms with Gasteiger partial charge in [-0.1, -0.05) is 59.8 Å². The predicted molar refractivity (Wildman–Crippen MR) is 132 cm³/mol. The molecule has 0 N–H and O–H groups in total. The van der Waals surface area contributed by atoms with Gasteiger partial charge in [0.15, 0.2) is 5.17 Å². The van der Waals surface area contributed by atoms with Gasteiger partial charge in [-0.15, -0.1) is 0 Å². The molecule has 31 heavy (non-hydrogen) atoms. The van der Waals surface area contributed by atoms with Gasteiger partial charge >= 0.3 is 0 Å². The van der Waals surface area contributed by atoms with Crippen LogP contribution >= 0.6 is 23.5 Å². The number of fused-ring (bicyclic) bond motifs is 1. The second kappa shape index (κ2) is 8.29. The van der Waals surface area contributed by atoms with Gasteiger partial charge in [0.1, 0.15) is 9.93 Å². The highest BCUT2D eigenvalue weighted by Crippen LogP contribution is 2.51. The van der Waals surface area contributed by atoms with Crippen molar-refractivity contribution in [2.75, 3.05) is 16.3 Å². The van der Waals surface area contributed by atoms with Crippen LogP contribution in [0.1, 0.15) is 12.5 Å². The SMILES string of the molecule is CCN1C(=C2SC(=Nc3ccccc3)N(c3ccc(C)cc3)C2=O)Sc2ccccc21. The molecule has 4 nitrogen and oxygen atoms in total. The Morgan fingerprint density at radius 1 is 0.871 bits per heavy atom. The summed E-state index contributed by atoms with van der Waals surface area (Å²) in [5, 5.41) is 1.66. The van der Waals surface area contributed by atoms with E-state index < -0.39 is 0 Å². The minimum atomic E-state index is -0.0303. The quantitative estimate of drug-likeness (QED) is 0.429. The number of benzene rings is 3. The molecule has 0 spiro atoms. The van der Waals surface area contributed by atoms with Crippen molar-refractivity contribution in [3.05, 3.63) is 94.4 Å². The maximum Gasteiger partial charge on any atom is 0.274 e. The second-order valence-corrected chi connectivity index (χ2v) is 9.26. The number of para-hydroxylation sites is 2. The standard InChI is InChI=1S/C25H21N3OS2/c1-3-27-20-11-7-8-12-21(20)30-24(27)22-23(29)28(19-15-13-17(2)14-16-19)25(31-22)26-18-9-5-4-6-10-18/h4-16H,3H2,1-2H3. The molecule has 2 aliphatic heterocycles. The summed E-state index contributed by atoms with van der Waals surface area (Å²) < 4.78 is 0. The van der Waals surface area contributed by atoms with Gasteiger partial charge in [-0.3, -0.25) is 9.69 Å². The first kappa shape index (κ1) is 20.0. The molecule has 0 bridgehead atoms. The molecule has 2 aliphatic rings. The number of nitrogens with zero attached hydrogens (tertiary/aromatic N) is 3. The van der Waals surface area contributed by atoms with Gasteiger partial charge in [-0.25, -0.2) is 4.99 Å². The van der Waals surface area contributed by atoms with E-state index in [0.717, 1.165) is 39.1 Å². The summed E-state index contributed by atoms with van der Waals surface area (Å²) in [6.45, 7) is 4.96. The summed E-state index contributed by atoms with van der Waals surface area (Å²) in [7, 11) is 0. The highest BCUT2D eigenvalue weighted by Gasteiger charge is 2.40. The van der Waals surface area contributed by atoms with E-state index in [4.69, 9.17) is 4.99 Å². The Labute approximate surface area is 190 Å². The Morgan fingerprint density at radius 2 is 1.58 bits per heavy atom. The predicted octanol–water partition coefficient (Wildman–Crippen LogP) is 6.56. The number of aliphatic imine (C=N–C) groups is 1. The molecular formula is C25H21N3OS2. The van der Waals surface area contributed by atoms with Crippen LogP contribution < -0.4 is 9.80 Å². The zero-order valence-corrected chi connectivity index (χ0v) is 18.9. The van der Waals surface area contributed by atoms with Crippen LogP contribution in [0.2, 0.25) is 0 Å². The maximum atomic E-state index is 13.7. The van der Waals surface area contributed by atoms with Gasteiger partial charge < -0.3 is 4.90 Å². The van der Waals surface area contributed by atoms with Gasteiger partial charge in [0.2, 0.25) is 0 Å². The smallest absolute Gasteiger partial charge is 0.274 e. The van der Waals surface area contributed by atoms with Crippen molar-refractivity contribution in [2.24, 2.45) is 4.99 Å². The lowest BCUT2D eigenvalue weighted by Crippen LogP contribution is -2.29. The third-order valence-electron chi connectivity index (χ3n) is 5.17. The molecule has 1 fully saturated rings. The van der Waals surface area contributed by atoms with Crippen LogP contribution in [0.25, 0.3) is 0 Å². The van der Waals surface area contributed by atoms with Crippen LogP contribution in [-0.4, -0.2) is 17.6 Å². The van der Waals surface area contributed by atoms with Crippen LogP contribution in [0.5, 0.6) is 0 Å². The van der Waals surface area contributed by atoms with Gasteiger partial charge in [0.05, 0.1) is 17.1 Å². The van der Waals surface area contributed by atoms with E-state index in [1.165, 1.54) is 16.7 Å². The van der Waals surface area contributed by atoms with Crippen molar-refractivity contribution in [3.8, 4) is 0 Å². The average Bonchev–Trinajstić information content (AvgIpc) is 3.32. The number of anilines is 2. The van der Waals surface area contributed by atoms with E-state index in [-0.39, 0.29) is 5.91 Å². The van der Waals surface area contributed by atoms with E-state index in [0.29, 0.717) is 5.17 Å². The van der Waals surface area contributed by atoms with Crippen molar-refractivity contribution in [1.82, 2.24) is 0 Å². The first-order valence-corrected chi connectivity index (χ1v) is 11.8. The first-order chi connectivity index (χ1) is 15.2. The summed E-state index contributed by atoms with van der Waals surface area (Å²) >= 11 is 3.11. The zero-order valence-electron chi connectivity index (χ0n) is 17.3. The third-order valence-corrected chi connectivity index (χ3v) is 7.51. The van der Waals surface area contributed by atoms with Crippen LogP contribution in [-0.2, 0) is 4.79 Å². The molecule has 6 heteroatoms. The summed E-state index contributed by atoms with van der Waals surface area (Å²) in [6.07, 6.45) is 0. The summed E-state index contributed by atoms with van der Waals surface area (Å²) in [5.74, 6) is -0.0303. The first-order valence-electron chi connectivity index (χ1n) is 10.2. The van der Waals surface area contributed by atoms with E-state index >= 15 is 0 Å². The lowest BCUT2D eigenvalue weighted by molar-refractivity contribution is -0.113. The molecule has 3 aromatic rings. The van der Waals surface area contributed by atoms with Crippen LogP contribution in [0, 0.1) is 6.92 Å². The Morgan fingerprint density at radius 3 is 2.32 bits per heavy atom. The van der Waals surface area contributed by atoms with E-state index in [9.17, 15) is 4.79 Å². The number of hydrogen-bond acceptors (Lipinski definition) is 5. The topological polar surface area (TPSA) is 35.9 Å². The molecule has 0 unspecified atom stereocenters. The number of amidine groups is 1. The van der Waals surface area contributed by atoms with Crippen LogP contribution in [0.3, 0.4) is 0 Å². The number of carbonyl (C=O) groups is 1. The average molecular weight is 444 g/mol. The maximum absolute atomic E-state index is 13.7. The van der Waals surface area contributed by atoms with E-state index in [1.807, 2.05) is 73.7 Å². The third kappa shape index (κ3) is 3.66. The fourth-order valence-corrected chi connectivity index (χ4v) is 6.02. The minimum absolute atomic E-state index is 0.0303. The fraction of sp³-hybridized carbons (Fsp3) is 0.120. The lowest BCUT2D eigenvalue weighted by Gasteiger charge is -2.19. The van der Waals surface area contributed by atoms with Crippen molar-refractivity contribution in [3.63, 3.8) is 0 Å². The molecule has 154 valence electrons. The van der Waals surface area contributed by atoms with E-state index in [2.05, 4.69) is 24.0 Å². The van der Waals surface area contributed by atoms with Gasteiger partial charge in [0, 0.05) is 11.4 Å². The Hall–Kier alpha value is -2.96. The Bertz CT molecular complexity index is 1200. The molecule has 0 radical (unpaired) electrons. The lowest BCUT2D eigenvalue weighted by atomic mass is 10.2. The molecule has 0 aliphatic carbocycles. The molecule has 1 amide bonds. The molecular weight excluding hydrogens is 422 g/mol. The number of thioether (sulfide) groups is 2. The van der Waals surface area contributed by atoms with Crippen molar-refractivity contribution >= 4 is 51.7 Å². The monoisotopic (exact) mass is 443 g/mol. The van der Waals surface area contributed by atoms with Crippen molar-refractivity contribution < 1.29 is 4.79 Å². The molecule has 3 aromatic carbocycles. The zero-order chi connectivity index (χ0) is 21.4. The number of rotatable bonds is 3. The summed E-state index contributed by atoms with van der Waals surface area (Å²) in [6, 6.07) is 26.1. The minimum Gasteiger partial charge on any atom is -0.334 e. The number of hydrogen-bond donors (Lipinski definition) is 0. The van der Waals surface area contributed by atoms with Gasteiger partial charge in [0.25, 0.3) is 5.91 Å². The molecule has 0 atom stereocenters. The van der Waals surface area contributed by atoms with E-state index in [1.54, 1.807) is 16.7 Å². The number of aryl methyl sites for hydroxylation is 1. The molecule has 0 aromatic heterocycles. The van der Waals surface area contributed by atoms with Gasteiger partial charge in [-0.05, 0) is 62.0 Å². The largest absolute Gasteiger partial charge is 0.334 e. The second-order valence-electron chi connectivity index (χ2n) is 7.26. The van der Waals surface area contributed by atoms with Crippen molar-refractivity contribution in [1.29, 1.82) is 0 Å². The van der Waals surface area contributed by atoms with Crippen LogP contribution in [0.15, 0.2) is 98.7 Å². The van der Waals surface area contributed by atoms with Crippen LogP contribution in [0.4, 0.5) is 17.1 Å². The summed E-state index contributed by atoms with van der Waals surface area (Å²) in [4.78, 5) is 24.4. The molecule has 1 saturated heterocycles. The van der Waals surface area contributed by atoms with Crippen molar-refractivity contribution in [2.45, 2.75) is 18.7 Å². The summed E-state index contributed by atoms with van der Waals surface area (Å²) in [5.41, 5.74) is 3.97.